The summed E-state index contributed by atoms with van der Waals surface area (Å²) >= 11 is 6.54. The lowest BCUT2D eigenvalue weighted by Crippen LogP contribution is -1.87. The summed E-state index contributed by atoms with van der Waals surface area (Å²) in [5.41, 5.74) is 4.53. The first-order chi connectivity index (χ1) is 10.6. The van der Waals surface area contributed by atoms with E-state index < -0.39 is 0 Å². The Morgan fingerprint density at radius 3 is 2.59 bits per heavy atom. The molecule has 0 saturated heterocycles. The Morgan fingerprint density at radius 2 is 1.82 bits per heavy atom. The molecular formula is C18H15ClN2O. The van der Waals surface area contributed by atoms with Crippen molar-refractivity contribution in [1.82, 2.24) is 9.97 Å². The topological polar surface area (TPSA) is 37.9 Å². The summed E-state index contributed by atoms with van der Waals surface area (Å²) in [6.45, 7) is 4.24. The van der Waals surface area contributed by atoms with E-state index in [-0.39, 0.29) is 0 Å². The van der Waals surface area contributed by atoms with Crippen molar-refractivity contribution >= 4 is 44.2 Å². The summed E-state index contributed by atoms with van der Waals surface area (Å²) in [5.74, 6) is 0.599. The first kappa shape index (κ1) is 13.4. The lowest BCUT2D eigenvalue weighted by atomic mass is 9.97. The highest BCUT2D eigenvalue weighted by Crippen LogP contribution is 2.39. The van der Waals surface area contributed by atoms with Gasteiger partial charge in [0.15, 0.2) is 0 Å². The highest BCUT2D eigenvalue weighted by Gasteiger charge is 2.15. The summed E-state index contributed by atoms with van der Waals surface area (Å²) in [6, 6.07) is 8.13. The minimum atomic E-state index is 0.599. The molecule has 0 bridgehead atoms. The van der Waals surface area contributed by atoms with Gasteiger partial charge in [0.2, 0.25) is 5.88 Å². The number of benzene rings is 2. The molecule has 4 aromatic rings. The van der Waals surface area contributed by atoms with E-state index in [0.717, 1.165) is 32.2 Å². The number of nitrogens with zero attached hydrogens (tertiary/aromatic N) is 1. The van der Waals surface area contributed by atoms with E-state index in [1.807, 2.05) is 18.3 Å². The first-order valence-corrected chi connectivity index (χ1v) is 7.52. The fourth-order valence-electron chi connectivity index (χ4n) is 3.30. The molecule has 0 unspecified atom stereocenters. The predicted molar refractivity (Wildman–Crippen MR) is 92.1 cm³/mol. The van der Waals surface area contributed by atoms with Crippen molar-refractivity contribution in [2.24, 2.45) is 0 Å². The molecular weight excluding hydrogens is 296 g/mol. The number of pyridine rings is 1. The fourth-order valence-corrected chi connectivity index (χ4v) is 3.56. The van der Waals surface area contributed by atoms with Gasteiger partial charge in [-0.2, -0.15) is 0 Å². The molecule has 2 heterocycles. The van der Waals surface area contributed by atoms with Crippen LogP contribution in [-0.4, -0.2) is 17.1 Å². The number of hydrogen-bond donors (Lipinski definition) is 1. The van der Waals surface area contributed by atoms with Crippen LogP contribution in [0.4, 0.5) is 0 Å². The highest BCUT2D eigenvalue weighted by atomic mass is 35.5. The Morgan fingerprint density at radius 1 is 1.00 bits per heavy atom. The molecule has 0 aliphatic carbocycles. The van der Waals surface area contributed by atoms with Crippen molar-refractivity contribution in [1.29, 1.82) is 0 Å². The Balaban J connectivity index is 2.30. The molecule has 1 N–H and O–H groups in total. The van der Waals surface area contributed by atoms with Gasteiger partial charge in [-0.05, 0) is 42.5 Å². The van der Waals surface area contributed by atoms with Gasteiger partial charge in [0.25, 0.3) is 0 Å². The largest absolute Gasteiger partial charge is 0.481 e. The third kappa shape index (κ3) is 1.72. The number of ether oxygens (including phenoxy) is 1. The molecule has 110 valence electrons. The van der Waals surface area contributed by atoms with Crippen LogP contribution in [0.1, 0.15) is 11.1 Å². The second-order valence-corrected chi connectivity index (χ2v) is 6.03. The first-order valence-electron chi connectivity index (χ1n) is 7.14. The number of fused-ring (bicyclic) bond motifs is 5. The van der Waals surface area contributed by atoms with Gasteiger partial charge in [-0.15, -0.1) is 0 Å². The smallest absolute Gasteiger partial charge is 0.215 e. The number of aryl methyl sites for hydroxylation is 2. The molecule has 0 radical (unpaired) electrons. The SMILES string of the molecule is COc1cc2[nH]c3cc(C)c4c(C)ccc(Cl)c4c3c2cn1. The zero-order chi connectivity index (χ0) is 15.4. The number of hydrogen-bond acceptors (Lipinski definition) is 2. The number of rotatable bonds is 1. The van der Waals surface area contributed by atoms with E-state index in [4.69, 9.17) is 16.3 Å². The number of nitrogens with one attached hydrogen (secondary N) is 1. The molecule has 4 rings (SSSR count). The molecule has 2 aromatic heterocycles. The van der Waals surface area contributed by atoms with Crippen molar-refractivity contribution in [3.63, 3.8) is 0 Å². The monoisotopic (exact) mass is 310 g/mol. The molecule has 3 nitrogen and oxygen atoms in total. The molecule has 2 aromatic carbocycles. The van der Waals surface area contributed by atoms with Crippen LogP contribution in [0.2, 0.25) is 5.02 Å². The zero-order valence-corrected chi connectivity index (χ0v) is 13.4. The van der Waals surface area contributed by atoms with Crippen LogP contribution in [0.15, 0.2) is 30.5 Å². The van der Waals surface area contributed by atoms with Crippen molar-refractivity contribution in [3.8, 4) is 5.88 Å². The molecule has 0 atom stereocenters. The van der Waals surface area contributed by atoms with E-state index in [1.54, 1.807) is 7.11 Å². The van der Waals surface area contributed by atoms with E-state index >= 15 is 0 Å². The van der Waals surface area contributed by atoms with Crippen LogP contribution in [0.3, 0.4) is 0 Å². The maximum Gasteiger partial charge on any atom is 0.215 e. The standard InChI is InChI=1S/C18H15ClN2O/c1-9-4-5-12(19)18-16(9)10(2)6-14-17(18)11-8-20-15(22-3)7-13(11)21-14/h4-8,21H,1-3H3. The van der Waals surface area contributed by atoms with E-state index in [0.29, 0.717) is 5.88 Å². The van der Waals surface area contributed by atoms with Crippen molar-refractivity contribution in [2.45, 2.75) is 13.8 Å². The average Bonchev–Trinajstić information content (AvgIpc) is 2.86. The normalized spacial score (nSPS) is 11.6. The summed E-state index contributed by atoms with van der Waals surface area (Å²) in [6.07, 6.45) is 1.85. The Labute approximate surface area is 132 Å². The molecule has 0 aliphatic rings. The van der Waals surface area contributed by atoms with Gasteiger partial charge >= 0.3 is 0 Å². The third-order valence-corrected chi connectivity index (χ3v) is 4.58. The quantitative estimate of drug-likeness (QED) is 0.528. The second kappa shape index (κ2) is 4.62. The number of H-pyrrole nitrogens is 1. The number of aromatic amines is 1. The number of aromatic nitrogens is 2. The van der Waals surface area contributed by atoms with Crippen molar-refractivity contribution < 1.29 is 4.74 Å². The van der Waals surface area contributed by atoms with Crippen LogP contribution >= 0.6 is 11.6 Å². The van der Waals surface area contributed by atoms with Crippen LogP contribution in [0, 0.1) is 13.8 Å². The van der Waals surface area contributed by atoms with Gasteiger partial charge in [-0.3, -0.25) is 0 Å². The lowest BCUT2D eigenvalue weighted by Gasteiger charge is -2.09. The van der Waals surface area contributed by atoms with Gasteiger partial charge < -0.3 is 9.72 Å². The fraction of sp³-hybridized carbons (Fsp3) is 0.167. The number of methoxy groups -OCH3 is 1. The van der Waals surface area contributed by atoms with Crippen LogP contribution in [0.25, 0.3) is 32.6 Å². The van der Waals surface area contributed by atoms with Crippen LogP contribution < -0.4 is 4.74 Å². The maximum absolute atomic E-state index is 6.54. The van der Waals surface area contributed by atoms with Gasteiger partial charge in [0, 0.05) is 39.0 Å². The van der Waals surface area contributed by atoms with Crippen LogP contribution in [0.5, 0.6) is 5.88 Å². The highest BCUT2D eigenvalue weighted by molar-refractivity contribution is 6.39. The zero-order valence-electron chi connectivity index (χ0n) is 12.6. The van der Waals surface area contributed by atoms with Crippen LogP contribution in [-0.2, 0) is 0 Å². The predicted octanol–water partition coefficient (Wildman–Crippen LogP) is 5.15. The van der Waals surface area contributed by atoms with Gasteiger partial charge in [-0.25, -0.2) is 4.98 Å². The molecule has 0 aliphatic heterocycles. The van der Waals surface area contributed by atoms with Gasteiger partial charge in [-0.1, -0.05) is 17.7 Å². The molecule has 4 heteroatoms. The average molecular weight is 311 g/mol. The molecule has 0 saturated carbocycles. The summed E-state index contributed by atoms with van der Waals surface area (Å²) < 4.78 is 5.22. The molecule has 0 fully saturated rings. The summed E-state index contributed by atoms with van der Waals surface area (Å²) in [7, 11) is 1.62. The van der Waals surface area contributed by atoms with Gasteiger partial charge in [0.1, 0.15) is 0 Å². The molecule has 22 heavy (non-hydrogen) atoms. The maximum atomic E-state index is 6.54. The van der Waals surface area contributed by atoms with E-state index in [9.17, 15) is 0 Å². The molecule has 0 spiro atoms. The van der Waals surface area contributed by atoms with E-state index in [2.05, 4.69) is 35.9 Å². The van der Waals surface area contributed by atoms with Gasteiger partial charge in [0.05, 0.1) is 12.6 Å². The second-order valence-electron chi connectivity index (χ2n) is 5.63. The summed E-state index contributed by atoms with van der Waals surface area (Å²) in [4.78, 5) is 7.80. The minimum Gasteiger partial charge on any atom is -0.481 e. The Bertz CT molecular complexity index is 1050. The molecule has 0 amide bonds. The third-order valence-electron chi connectivity index (χ3n) is 4.26. The summed E-state index contributed by atoms with van der Waals surface area (Å²) in [5, 5.41) is 5.27. The minimum absolute atomic E-state index is 0.599. The van der Waals surface area contributed by atoms with Crippen molar-refractivity contribution in [3.05, 3.63) is 46.6 Å². The Kier molecular flexibility index (Phi) is 2.81. The Hall–Kier alpha value is -2.26. The number of halogens is 1. The lowest BCUT2D eigenvalue weighted by molar-refractivity contribution is 0.398. The van der Waals surface area contributed by atoms with E-state index in [1.165, 1.54) is 16.5 Å². The van der Waals surface area contributed by atoms with Crippen molar-refractivity contribution in [2.75, 3.05) is 7.11 Å².